The summed E-state index contributed by atoms with van der Waals surface area (Å²) < 4.78 is 29.1. The number of amides is 1. The summed E-state index contributed by atoms with van der Waals surface area (Å²) in [5.41, 5.74) is 0.277. The molecule has 0 bridgehead atoms. The molecule has 1 heterocycles. The number of aromatic nitrogens is 1. The van der Waals surface area contributed by atoms with E-state index in [0.717, 1.165) is 0 Å². The van der Waals surface area contributed by atoms with Gasteiger partial charge in [0.25, 0.3) is 0 Å². The molecule has 8 heteroatoms. The van der Waals surface area contributed by atoms with E-state index >= 15 is 0 Å². The average molecular weight is 404 g/mol. The van der Waals surface area contributed by atoms with Crippen LogP contribution in [0.4, 0.5) is 9.18 Å². The molecular formula is C21H25FN2O5. The van der Waals surface area contributed by atoms with Gasteiger partial charge in [-0.3, -0.25) is 4.98 Å². The highest BCUT2D eigenvalue weighted by molar-refractivity contribution is 5.81. The zero-order chi connectivity index (χ0) is 21.4. The van der Waals surface area contributed by atoms with Crippen LogP contribution in [0.1, 0.15) is 32.0 Å². The fraction of sp³-hybridized carbons (Fsp3) is 0.381. The smallest absolute Gasteiger partial charge is 0.408 e. The number of hydrogen-bond donors (Lipinski definition) is 1. The molecule has 7 nitrogen and oxygen atoms in total. The number of alkyl carbamates (subject to hydrolysis) is 1. The van der Waals surface area contributed by atoms with E-state index in [2.05, 4.69) is 10.3 Å². The third-order valence-electron chi connectivity index (χ3n) is 3.74. The van der Waals surface area contributed by atoms with Gasteiger partial charge < -0.3 is 19.5 Å². The number of nitrogens with one attached hydrogen (secondary N) is 1. The van der Waals surface area contributed by atoms with E-state index < -0.39 is 23.7 Å². The molecule has 1 atom stereocenters. The van der Waals surface area contributed by atoms with E-state index in [0.29, 0.717) is 17.0 Å². The molecule has 2 aromatic rings. The lowest BCUT2D eigenvalue weighted by Gasteiger charge is -2.22. The van der Waals surface area contributed by atoms with E-state index in [9.17, 15) is 14.0 Å². The number of benzene rings is 1. The second-order valence-electron chi connectivity index (χ2n) is 7.29. The van der Waals surface area contributed by atoms with Gasteiger partial charge in [-0.25, -0.2) is 14.0 Å². The normalized spacial score (nSPS) is 12.0. The van der Waals surface area contributed by atoms with Gasteiger partial charge in [0, 0.05) is 17.7 Å². The molecule has 0 unspecified atom stereocenters. The van der Waals surface area contributed by atoms with Crippen LogP contribution in [0.3, 0.4) is 0 Å². The third-order valence-corrected chi connectivity index (χ3v) is 3.74. The molecule has 29 heavy (non-hydrogen) atoms. The Labute approximate surface area is 169 Å². The van der Waals surface area contributed by atoms with E-state index in [-0.39, 0.29) is 18.8 Å². The monoisotopic (exact) mass is 404 g/mol. The Hall–Kier alpha value is -3.16. The zero-order valence-corrected chi connectivity index (χ0v) is 16.9. The number of ether oxygens (including phenoxy) is 3. The van der Waals surface area contributed by atoms with Crippen molar-refractivity contribution in [2.24, 2.45) is 0 Å². The SMILES string of the molecule is COC(=O)[C@H](Cc1ccc(OCc2ccccc2F)cn1)NC(=O)OC(C)(C)C. The Bertz CT molecular complexity index is 834. The zero-order valence-electron chi connectivity index (χ0n) is 16.9. The summed E-state index contributed by atoms with van der Waals surface area (Å²) in [7, 11) is 1.24. The first-order valence-corrected chi connectivity index (χ1v) is 9.06. The van der Waals surface area contributed by atoms with Gasteiger partial charge in [0.2, 0.25) is 0 Å². The van der Waals surface area contributed by atoms with Crippen molar-refractivity contribution in [3.8, 4) is 5.75 Å². The molecule has 156 valence electrons. The summed E-state index contributed by atoms with van der Waals surface area (Å²) in [4.78, 5) is 28.2. The van der Waals surface area contributed by atoms with Crippen molar-refractivity contribution >= 4 is 12.1 Å². The largest absolute Gasteiger partial charge is 0.487 e. The van der Waals surface area contributed by atoms with Crippen LogP contribution in [0.2, 0.25) is 0 Å². The maximum absolute atomic E-state index is 13.6. The average Bonchev–Trinajstić information content (AvgIpc) is 2.66. The summed E-state index contributed by atoms with van der Waals surface area (Å²) in [6, 6.07) is 8.71. The molecule has 0 aliphatic rings. The van der Waals surface area contributed by atoms with E-state index in [1.54, 1.807) is 51.1 Å². The van der Waals surface area contributed by atoms with E-state index in [1.165, 1.54) is 19.4 Å². The van der Waals surface area contributed by atoms with Crippen LogP contribution in [0, 0.1) is 5.82 Å². The molecule has 2 rings (SSSR count). The number of pyridine rings is 1. The van der Waals surface area contributed by atoms with Crippen molar-refractivity contribution in [2.45, 2.75) is 45.4 Å². The van der Waals surface area contributed by atoms with Crippen molar-refractivity contribution in [2.75, 3.05) is 7.11 Å². The molecule has 0 aliphatic heterocycles. The van der Waals surface area contributed by atoms with Crippen LogP contribution in [0.5, 0.6) is 5.75 Å². The quantitative estimate of drug-likeness (QED) is 0.712. The predicted molar refractivity (Wildman–Crippen MR) is 104 cm³/mol. The highest BCUT2D eigenvalue weighted by Crippen LogP contribution is 2.15. The minimum Gasteiger partial charge on any atom is -0.487 e. The van der Waals surface area contributed by atoms with E-state index in [1.807, 2.05) is 0 Å². The first-order chi connectivity index (χ1) is 13.7. The molecule has 0 radical (unpaired) electrons. The first-order valence-electron chi connectivity index (χ1n) is 9.06. The van der Waals surface area contributed by atoms with Gasteiger partial charge in [0.15, 0.2) is 0 Å². The van der Waals surface area contributed by atoms with Gasteiger partial charge in [-0.05, 0) is 39.0 Å². The maximum atomic E-state index is 13.6. The van der Waals surface area contributed by atoms with Crippen LogP contribution in [-0.2, 0) is 27.3 Å². The number of rotatable bonds is 7. The number of nitrogens with zero attached hydrogens (tertiary/aromatic N) is 1. The van der Waals surface area contributed by atoms with Crippen molar-refractivity contribution in [3.05, 3.63) is 59.7 Å². The molecule has 1 N–H and O–H groups in total. The van der Waals surface area contributed by atoms with Crippen molar-refractivity contribution in [1.29, 1.82) is 0 Å². The summed E-state index contributed by atoms with van der Waals surface area (Å²) >= 11 is 0. The standard InChI is InChI=1S/C21H25FN2O5/c1-21(2,3)29-20(26)24-18(19(25)27-4)11-15-9-10-16(12-23-15)28-13-14-7-5-6-8-17(14)22/h5-10,12,18H,11,13H2,1-4H3,(H,24,26)/t18-/m0/s1. The van der Waals surface area contributed by atoms with Crippen LogP contribution in [-0.4, -0.2) is 35.8 Å². The van der Waals surface area contributed by atoms with Crippen molar-refractivity contribution in [1.82, 2.24) is 10.3 Å². The lowest BCUT2D eigenvalue weighted by Crippen LogP contribution is -2.45. The first kappa shape index (κ1) is 22.1. The molecular weight excluding hydrogens is 379 g/mol. The van der Waals surface area contributed by atoms with Crippen LogP contribution in [0.15, 0.2) is 42.6 Å². The van der Waals surface area contributed by atoms with Crippen LogP contribution < -0.4 is 10.1 Å². The van der Waals surface area contributed by atoms with Crippen molar-refractivity contribution < 1.29 is 28.2 Å². The number of carbonyl (C=O) groups excluding carboxylic acids is 2. The summed E-state index contributed by atoms with van der Waals surface area (Å²) in [6.07, 6.45) is 0.857. The Morgan fingerprint density at radius 1 is 1.17 bits per heavy atom. The minimum atomic E-state index is -0.951. The predicted octanol–water partition coefficient (Wildman–Crippen LogP) is 3.41. The van der Waals surface area contributed by atoms with E-state index in [4.69, 9.17) is 14.2 Å². The van der Waals surface area contributed by atoms with Gasteiger partial charge in [-0.1, -0.05) is 18.2 Å². The second-order valence-corrected chi connectivity index (χ2v) is 7.29. The lowest BCUT2D eigenvalue weighted by molar-refractivity contribution is -0.143. The fourth-order valence-electron chi connectivity index (χ4n) is 2.39. The Morgan fingerprint density at radius 3 is 2.48 bits per heavy atom. The Kier molecular flexibility index (Phi) is 7.52. The summed E-state index contributed by atoms with van der Waals surface area (Å²) in [5, 5.41) is 2.49. The lowest BCUT2D eigenvalue weighted by atomic mass is 10.1. The van der Waals surface area contributed by atoms with Gasteiger partial charge in [-0.15, -0.1) is 0 Å². The molecule has 1 amide bonds. The molecule has 0 spiro atoms. The van der Waals surface area contributed by atoms with Crippen molar-refractivity contribution in [3.63, 3.8) is 0 Å². The second kappa shape index (κ2) is 9.86. The Balaban J connectivity index is 1.98. The molecule has 0 fully saturated rings. The van der Waals surface area contributed by atoms with Gasteiger partial charge in [0.05, 0.1) is 13.3 Å². The molecule has 0 saturated heterocycles. The highest BCUT2D eigenvalue weighted by Gasteiger charge is 2.25. The molecule has 1 aromatic heterocycles. The molecule has 1 aromatic carbocycles. The number of methoxy groups -OCH3 is 1. The fourth-order valence-corrected chi connectivity index (χ4v) is 2.39. The Morgan fingerprint density at radius 2 is 1.90 bits per heavy atom. The van der Waals surface area contributed by atoms with Crippen LogP contribution >= 0.6 is 0 Å². The number of hydrogen-bond acceptors (Lipinski definition) is 6. The molecule has 0 aliphatic carbocycles. The molecule has 0 saturated carbocycles. The number of esters is 1. The number of halogens is 1. The van der Waals surface area contributed by atoms with Crippen LogP contribution in [0.25, 0.3) is 0 Å². The highest BCUT2D eigenvalue weighted by atomic mass is 19.1. The van der Waals surface area contributed by atoms with Gasteiger partial charge >= 0.3 is 12.1 Å². The van der Waals surface area contributed by atoms with Gasteiger partial charge in [-0.2, -0.15) is 0 Å². The third kappa shape index (κ3) is 7.40. The topological polar surface area (TPSA) is 86.8 Å². The van der Waals surface area contributed by atoms with Gasteiger partial charge in [0.1, 0.15) is 29.8 Å². The minimum absolute atomic E-state index is 0.0681. The maximum Gasteiger partial charge on any atom is 0.408 e. The number of carbonyl (C=O) groups is 2. The summed E-state index contributed by atoms with van der Waals surface area (Å²) in [6.45, 7) is 5.24. The summed E-state index contributed by atoms with van der Waals surface area (Å²) in [5.74, 6) is -0.504.